The van der Waals surface area contributed by atoms with Crippen LogP contribution in [0.25, 0.3) is 0 Å². The molecule has 2 rings (SSSR count). The maximum Gasteiger partial charge on any atom is 0.101 e. The van der Waals surface area contributed by atoms with Gasteiger partial charge in [-0.3, -0.25) is 0 Å². The summed E-state index contributed by atoms with van der Waals surface area (Å²) in [6.07, 6.45) is 2.29. The normalized spacial score (nSPS) is 10.5. The highest BCUT2D eigenvalue weighted by atomic mass is 35.5. The van der Waals surface area contributed by atoms with Crippen LogP contribution >= 0.6 is 23.2 Å². The molecular weight excluding hydrogens is 363 g/mol. The molecule has 0 heterocycles. The smallest absolute Gasteiger partial charge is 0.101 e. The largest absolute Gasteiger partial charge is 0.319 e. The van der Waals surface area contributed by atoms with E-state index in [9.17, 15) is 0 Å². The Balaban J connectivity index is 0.000000368. The van der Waals surface area contributed by atoms with Crippen LogP contribution in [0.4, 0.5) is 0 Å². The zero-order valence-corrected chi connectivity index (χ0v) is 18.0. The second kappa shape index (κ2) is 14.6. The van der Waals surface area contributed by atoms with Gasteiger partial charge in [-0.25, -0.2) is 0 Å². The molecule has 0 aliphatic heterocycles. The highest BCUT2D eigenvalue weighted by Gasteiger charge is 1.96. The first kappa shape index (κ1) is 24.5. The SMILES string of the molecule is CCC(C)CNC.CCc1ccccc1Cl.Cc1ccc(C#N)c(Cl)c1. The molecule has 0 aliphatic carbocycles. The summed E-state index contributed by atoms with van der Waals surface area (Å²) < 4.78 is 0. The van der Waals surface area contributed by atoms with E-state index in [0.717, 1.165) is 29.5 Å². The van der Waals surface area contributed by atoms with Crippen molar-refractivity contribution < 1.29 is 0 Å². The first-order valence-corrected chi connectivity index (χ1v) is 9.69. The van der Waals surface area contributed by atoms with Crippen molar-refractivity contribution in [3.63, 3.8) is 0 Å². The van der Waals surface area contributed by atoms with Crippen molar-refractivity contribution >= 4 is 23.2 Å². The van der Waals surface area contributed by atoms with E-state index in [1.54, 1.807) is 12.1 Å². The summed E-state index contributed by atoms with van der Waals surface area (Å²) in [4.78, 5) is 0. The Labute approximate surface area is 169 Å². The predicted molar refractivity (Wildman–Crippen MR) is 115 cm³/mol. The summed E-state index contributed by atoms with van der Waals surface area (Å²) in [5.41, 5.74) is 2.83. The minimum atomic E-state index is 0.530. The third kappa shape index (κ3) is 10.5. The van der Waals surface area contributed by atoms with Gasteiger partial charge in [0.05, 0.1) is 10.6 Å². The molecule has 2 aromatic carbocycles. The predicted octanol–water partition coefficient (Wildman–Crippen LogP) is 6.67. The minimum Gasteiger partial charge on any atom is -0.319 e. The number of benzene rings is 2. The lowest BCUT2D eigenvalue weighted by molar-refractivity contribution is 0.528. The summed E-state index contributed by atoms with van der Waals surface area (Å²) in [5.74, 6) is 0.838. The fraction of sp³-hybridized carbons (Fsp3) is 0.409. The van der Waals surface area contributed by atoms with Crippen molar-refractivity contribution in [3.05, 3.63) is 69.2 Å². The average Bonchev–Trinajstić information content (AvgIpc) is 2.63. The molecule has 0 aliphatic rings. The number of nitrogens with one attached hydrogen (secondary N) is 1. The Bertz CT molecular complexity index is 678. The van der Waals surface area contributed by atoms with E-state index in [0.29, 0.717) is 10.6 Å². The molecule has 4 heteroatoms. The Hall–Kier alpha value is -1.53. The Morgan fingerprint density at radius 2 is 1.73 bits per heavy atom. The van der Waals surface area contributed by atoms with Gasteiger partial charge in [0, 0.05) is 5.02 Å². The fourth-order valence-corrected chi connectivity index (χ4v) is 2.54. The number of nitriles is 1. The second-order valence-corrected chi connectivity index (χ2v) is 6.93. The second-order valence-electron chi connectivity index (χ2n) is 6.11. The molecule has 0 bridgehead atoms. The molecule has 1 N–H and O–H groups in total. The summed E-state index contributed by atoms with van der Waals surface area (Å²) in [7, 11) is 1.99. The monoisotopic (exact) mass is 392 g/mol. The number of hydrogen-bond acceptors (Lipinski definition) is 2. The molecule has 0 radical (unpaired) electrons. The highest BCUT2D eigenvalue weighted by Crippen LogP contribution is 2.16. The third-order valence-electron chi connectivity index (χ3n) is 3.83. The van der Waals surface area contributed by atoms with Gasteiger partial charge < -0.3 is 5.32 Å². The number of nitrogens with zero attached hydrogens (tertiary/aromatic N) is 1. The molecule has 26 heavy (non-hydrogen) atoms. The van der Waals surface area contributed by atoms with Crippen molar-refractivity contribution in [1.29, 1.82) is 5.26 Å². The van der Waals surface area contributed by atoms with E-state index in [-0.39, 0.29) is 0 Å². The molecule has 0 amide bonds. The first-order valence-electron chi connectivity index (χ1n) is 8.93. The Morgan fingerprint density at radius 3 is 2.12 bits per heavy atom. The lowest BCUT2D eigenvalue weighted by Gasteiger charge is -2.04. The van der Waals surface area contributed by atoms with Gasteiger partial charge in [0.15, 0.2) is 0 Å². The van der Waals surface area contributed by atoms with Gasteiger partial charge in [0.25, 0.3) is 0 Å². The number of rotatable bonds is 4. The van der Waals surface area contributed by atoms with Gasteiger partial charge >= 0.3 is 0 Å². The standard InChI is InChI=1S/C8H6ClN.C8H9Cl.C6H15N/c1-6-2-3-7(5-10)8(9)4-6;1-2-7-5-3-4-6-8(7)9;1-4-6(2)5-7-3/h2-4H,1H3;3-6H,2H2,1H3;6-7H,4-5H2,1-3H3. The summed E-state index contributed by atoms with van der Waals surface area (Å²) in [6.45, 7) is 9.64. The Kier molecular flexibility index (Phi) is 13.8. The zero-order valence-electron chi connectivity index (χ0n) is 16.4. The molecule has 2 nitrogen and oxygen atoms in total. The molecule has 0 aromatic heterocycles. The maximum absolute atomic E-state index is 8.47. The number of hydrogen-bond donors (Lipinski definition) is 1. The topological polar surface area (TPSA) is 35.8 Å². The van der Waals surface area contributed by atoms with E-state index in [1.807, 2.05) is 50.4 Å². The van der Waals surface area contributed by atoms with Gasteiger partial charge in [-0.15, -0.1) is 0 Å². The van der Waals surface area contributed by atoms with E-state index >= 15 is 0 Å². The minimum absolute atomic E-state index is 0.530. The molecule has 0 fully saturated rings. The number of aryl methyl sites for hydroxylation is 2. The molecule has 2 aromatic rings. The van der Waals surface area contributed by atoms with Gasteiger partial charge in [0.2, 0.25) is 0 Å². The molecule has 0 spiro atoms. The molecule has 0 saturated carbocycles. The van der Waals surface area contributed by atoms with Crippen molar-refractivity contribution in [3.8, 4) is 6.07 Å². The van der Waals surface area contributed by atoms with Crippen LogP contribution in [-0.2, 0) is 6.42 Å². The summed E-state index contributed by atoms with van der Waals surface area (Å²) in [6, 6.07) is 15.3. The highest BCUT2D eigenvalue weighted by molar-refractivity contribution is 6.31. The van der Waals surface area contributed by atoms with E-state index in [2.05, 4.69) is 26.1 Å². The maximum atomic E-state index is 8.47. The van der Waals surface area contributed by atoms with Gasteiger partial charge in [-0.05, 0) is 62.2 Å². The van der Waals surface area contributed by atoms with Crippen LogP contribution in [0, 0.1) is 24.2 Å². The van der Waals surface area contributed by atoms with Gasteiger partial charge in [-0.1, -0.05) is 74.7 Å². The van der Waals surface area contributed by atoms with E-state index in [1.165, 1.54) is 12.0 Å². The third-order valence-corrected chi connectivity index (χ3v) is 4.51. The van der Waals surface area contributed by atoms with Crippen LogP contribution in [-0.4, -0.2) is 13.6 Å². The van der Waals surface area contributed by atoms with Crippen molar-refractivity contribution in [2.45, 2.75) is 40.5 Å². The molecule has 0 saturated heterocycles. The zero-order chi connectivity index (χ0) is 19.9. The van der Waals surface area contributed by atoms with Gasteiger partial charge in [-0.2, -0.15) is 5.26 Å². The van der Waals surface area contributed by atoms with Crippen molar-refractivity contribution in [2.75, 3.05) is 13.6 Å². The quantitative estimate of drug-likeness (QED) is 0.629. The molecule has 1 unspecified atom stereocenters. The van der Waals surface area contributed by atoms with Crippen molar-refractivity contribution in [1.82, 2.24) is 5.32 Å². The lowest BCUT2D eigenvalue weighted by Crippen LogP contribution is -2.14. The van der Waals surface area contributed by atoms with Crippen LogP contribution in [0.2, 0.25) is 10.0 Å². The van der Waals surface area contributed by atoms with Crippen LogP contribution < -0.4 is 5.32 Å². The molecule has 1 atom stereocenters. The molecule has 142 valence electrons. The Morgan fingerprint density at radius 1 is 1.08 bits per heavy atom. The number of halogens is 2. The molecular formula is C22H30Cl2N2. The van der Waals surface area contributed by atoms with E-state index < -0.39 is 0 Å². The average molecular weight is 393 g/mol. The fourth-order valence-electron chi connectivity index (χ4n) is 1.99. The van der Waals surface area contributed by atoms with Crippen molar-refractivity contribution in [2.24, 2.45) is 5.92 Å². The lowest BCUT2D eigenvalue weighted by atomic mass is 10.1. The van der Waals surface area contributed by atoms with Crippen LogP contribution in [0.1, 0.15) is 43.9 Å². The first-order chi connectivity index (χ1) is 12.4. The van der Waals surface area contributed by atoms with Crippen LogP contribution in [0.5, 0.6) is 0 Å². The van der Waals surface area contributed by atoms with Crippen LogP contribution in [0.15, 0.2) is 42.5 Å². The van der Waals surface area contributed by atoms with Gasteiger partial charge in [0.1, 0.15) is 6.07 Å². The summed E-state index contributed by atoms with van der Waals surface area (Å²) >= 11 is 11.5. The van der Waals surface area contributed by atoms with Crippen LogP contribution in [0.3, 0.4) is 0 Å². The van der Waals surface area contributed by atoms with E-state index in [4.69, 9.17) is 28.5 Å². The summed E-state index contributed by atoms with van der Waals surface area (Å²) in [5, 5.41) is 13.0.